The fraction of sp³-hybridized carbons (Fsp3) is 0.133. The fourth-order valence-corrected chi connectivity index (χ4v) is 3.85. The van der Waals surface area contributed by atoms with E-state index >= 15 is 0 Å². The normalized spacial score (nSPS) is 11.8. The molecule has 0 radical (unpaired) electrons. The quantitative estimate of drug-likeness (QED) is 0.350. The largest absolute Gasteiger partial charge is 0.397 e. The Bertz CT molecular complexity index is 1330. The van der Waals surface area contributed by atoms with Gasteiger partial charge >= 0.3 is 0 Å². The molecule has 0 bridgehead atoms. The van der Waals surface area contributed by atoms with Crippen LogP contribution in [0.3, 0.4) is 0 Å². The van der Waals surface area contributed by atoms with Gasteiger partial charge in [0.05, 0.1) is 17.1 Å². The van der Waals surface area contributed by atoms with Crippen LogP contribution in [-0.4, -0.2) is 9.97 Å². The molecule has 0 amide bonds. The van der Waals surface area contributed by atoms with Crippen molar-refractivity contribution in [1.82, 2.24) is 9.97 Å². The maximum absolute atomic E-state index is 6.28. The van der Waals surface area contributed by atoms with Gasteiger partial charge in [0.15, 0.2) is 0 Å². The van der Waals surface area contributed by atoms with Crippen LogP contribution in [0.2, 0.25) is 0 Å². The number of aromatic nitrogens is 2. The third-order valence-corrected chi connectivity index (χ3v) is 5.74. The van der Waals surface area contributed by atoms with Crippen molar-refractivity contribution < 1.29 is 0 Å². The topological polar surface area (TPSA) is 63.8 Å². The van der Waals surface area contributed by atoms with Gasteiger partial charge in [-0.2, -0.15) is 0 Å². The van der Waals surface area contributed by atoms with Crippen molar-refractivity contribution in [3.05, 3.63) is 120 Å². The number of nitrogens with two attached hydrogens (primary N) is 1. The van der Waals surface area contributed by atoms with Crippen LogP contribution >= 0.6 is 0 Å². The number of nitrogen functional groups attached to an aromatic ring is 1. The molecule has 0 aliphatic carbocycles. The van der Waals surface area contributed by atoms with Crippen molar-refractivity contribution in [2.24, 2.45) is 0 Å². The zero-order chi connectivity index (χ0) is 24.8. The molecule has 0 atom stereocenters. The lowest BCUT2D eigenvalue weighted by Gasteiger charge is -2.17. The number of rotatable bonds is 8. The number of pyridine rings is 2. The maximum Gasteiger partial charge on any atom is 0.133 e. The number of anilines is 2. The summed E-state index contributed by atoms with van der Waals surface area (Å²) in [4.78, 5) is 9.35. The second-order valence-electron chi connectivity index (χ2n) is 8.21. The zero-order valence-corrected chi connectivity index (χ0v) is 20.4. The Morgan fingerprint density at radius 1 is 1.09 bits per heavy atom. The summed E-state index contributed by atoms with van der Waals surface area (Å²) < 4.78 is 0. The number of nitrogens with one attached hydrogen (secondary N) is 1. The first kappa shape index (κ1) is 24.5. The predicted octanol–water partition coefficient (Wildman–Crippen LogP) is 7.52. The molecule has 0 unspecified atom stereocenters. The summed E-state index contributed by atoms with van der Waals surface area (Å²) in [6.07, 6.45) is 7.54. The van der Waals surface area contributed by atoms with Gasteiger partial charge in [0.25, 0.3) is 0 Å². The highest BCUT2D eigenvalue weighted by Gasteiger charge is 2.15. The average molecular weight is 449 g/mol. The van der Waals surface area contributed by atoms with Crippen LogP contribution < -0.4 is 11.1 Å². The fourth-order valence-electron chi connectivity index (χ4n) is 3.85. The molecule has 3 rings (SSSR count). The molecule has 34 heavy (non-hydrogen) atoms. The minimum absolute atomic E-state index is 0.538. The molecule has 4 heteroatoms. The molecule has 2 heterocycles. The van der Waals surface area contributed by atoms with Crippen LogP contribution in [0.5, 0.6) is 0 Å². The Morgan fingerprint density at radius 2 is 1.85 bits per heavy atom. The third kappa shape index (κ3) is 5.24. The van der Waals surface area contributed by atoms with E-state index in [2.05, 4.69) is 61.2 Å². The van der Waals surface area contributed by atoms with E-state index < -0.39 is 0 Å². The van der Waals surface area contributed by atoms with Gasteiger partial charge in [-0.3, -0.25) is 0 Å². The van der Waals surface area contributed by atoms with Gasteiger partial charge in [-0.05, 0) is 73.7 Å². The Hall–Kier alpha value is -4.18. The Morgan fingerprint density at radius 3 is 2.53 bits per heavy atom. The van der Waals surface area contributed by atoms with Crippen molar-refractivity contribution >= 4 is 22.7 Å². The van der Waals surface area contributed by atoms with Crippen molar-refractivity contribution in [3.63, 3.8) is 0 Å². The van der Waals surface area contributed by atoms with Crippen LogP contribution in [0.15, 0.2) is 97.9 Å². The molecule has 172 valence electrons. The van der Waals surface area contributed by atoms with Crippen LogP contribution in [0.4, 0.5) is 11.5 Å². The molecule has 2 aromatic heterocycles. The Labute approximate surface area is 203 Å². The lowest BCUT2D eigenvalue weighted by molar-refractivity contribution is 1.21. The minimum atomic E-state index is 0.538. The van der Waals surface area contributed by atoms with Gasteiger partial charge in [0, 0.05) is 17.5 Å². The first-order valence-corrected chi connectivity index (χ1v) is 11.2. The molecule has 0 fully saturated rings. The predicted molar refractivity (Wildman–Crippen MR) is 147 cm³/mol. The minimum Gasteiger partial charge on any atom is -0.397 e. The van der Waals surface area contributed by atoms with Crippen LogP contribution in [0.1, 0.15) is 36.4 Å². The summed E-state index contributed by atoms with van der Waals surface area (Å²) in [5, 5.41) is 3.33. The standard InChI is InChI=1S/C30H32N4/c1-8-11-20(4)25(9-2)28-15-14-27(31)29(34-28)21(5)23(7)33-30-22(6)26(16-17-32-30)24-13-10-12-19(3)18-24/h8-18H,1,5,7,31H2,2-4,6H3,(H,32,33)/b20-11-,25-9+. The average Bonchev–Trinajstić information content (AvgIpc) is 2.81. The monoisotopic (exact) mass is 448 g/mol. The highest BCUT2D eigenvalue weighted by molar-refractivity contribution is 5.86. The first-order valence-electron chi connectivity index (χ1n) is 11.2. The van der Waals surface area contributed by atoms with Crippen LogP contribution in [-0.2, 0) is 0 Å². The molecule has 0 saturated heterocycles. The first-order chi connectivity index (χ1) is 16.3. The van der Waals surface area contributed by atoms with E-state index in [0.717, 1.165) is 39.3 Å². The van der Waals surface area contributed by atoms with Gasteiger partial charge in [-0.25, -0.2) is 9.97 Å². The zero-order valence-electron chi connectivity index (χ0n) is 20.4. The van der Waals surface area contributed by atoms with Gasteiger partial charge in [-0.1, -0.05) is 67.8 Å². The molecule has 0 aliphatic heterocycles. The third-order valence-electron chi connectivity index (χ3n) is 5.74. The second-order valence-corrected chi connectivity index (χ2v) is 8.21. The molecule has 0 aliphatic rings. The van der Waals surface area contributed by atoms with E-state index in [9.17, 15) is 0 Å². The molecule has 1 aromatic carbocycles. The van der Waals surface area contributed by atoms with Gasteiger partial charge in [0.2, 0.25) is 0 Å². The molecular formula is C30H32N4. The van der Waals surface area contributed by atoms with Gasteiger partial charge in [0.1, 0.15) is 5.82 Å². The van der Waals surface area contributed by atoms with E-state index in [4.69, 9.17) is 10.7 Å². The molecule has 4 nitrogen and oxygen atoms in total. The molecule has 0 spiro atoms. The lowest BCUT2D eigenvalue weighted by Crippen LogP contribution is -2.08. The highest BCUT2D eigenvalue weighted by atomic mass is 15.0. The van der Waals surface area contributed by atoms with E-state index in [1.807, 2.05) is 51.1 Å². The summed E-state index contributed by atoms with van der Waals surface area (Å²) in [7, 11) is 0. The number of nitrogens with zero attached hydrogens (tertiary/aromatic N) is 2. The Balaban J connectivity index is 1.91. The van der Waals surface area contributed by atoms with Crippen LogP contribution in [0, 0.1) is 13.8 Å². The van der Waals surface area contributed by atoms with Gasteiger partial charge < -0.3 is 11.1 Å². The molecule has 3 N–H and O–H groups in total. The lowest BCUT2D eigenvalue weighted by atomic mass is 10.00. The number of hydrogen-bond donors (Lipinski definition) is 2. The van der Waals surface area contributed by atoms with E-state index in [0.29, 0.717) is 22.7 Å². The summed E-state index contributed by atoms with van der Waals surface area (Å²) in [6, 6.07) is 14.2. The summed E-state index contributed by atoms with van der Waals surface area (Å²) >= 11 is 0. The summed E-state index contributed by atoms with van der Waals surface area (Å²) in [6.45, 7) is 20.4. The summed E-state index contributed by atoms with van der Waals surface area (Å²) in [5.41, 5.74) is 16.0. The van der Waals surface area contributed by atoms with Crippen molar-refractivity contribution in [1.29, 1.82) is 0 Å². The van der Waals surface area contributed by atoms with Gasteiger partial charge in [-0.15, -0.1) is 0 Å². The van der Waals surface area contributed by atoms with Crippen molar-refractivity contribution in [3.8, 4) is 11.1 Å². The molecule has 3 aromatic rings. The summed E-state index contributed by atoms with van der Waals surface area (Å²) in [5.74, 6) is 0.721. The SMILES string of the molecule is C=C/C=C(C)\C(=C/C)c1ccc(N)c(C(=C)C(=C)Nc2nccc(-c3cccc(C)c3)c2C)n1. The maximum atomic E-state index is 6.28. The van der Waals surface area contributed by atoms with Crippen molar-refractivity contribution in [2.75, 3.05) is 11.1 Å². The second kappa shape index (κ2) is 10.6. The number of allylic oxidation sites excluding steroid dienone is 6. The van der Waals surface area contributed by atoms with Crippen LogP contribution in [0.25, 0.3) is 22.3 Å². The highest BCUT2D eigenvalue weighted by Crippen LogP contribution is 2.31. The molecular weight excluding hydrogens is 416 g/mol. The van der Waals surface area contributed by atoms with E-state index in [1.165, 1.54) is 5.56 Å². The number of aryl methyl sites for hydroxylation is 1. The van der Waals surface area contributed by atoms with E-state index in [-0.39, 0.29) is 0 Å². The van der Waals surface area contributed by atoms with Crippen molar-refractivity contribution in [2.45, 2.75) is 27.7 Å². The van der Waals surface area contributed by atoms with E-state index in [1.54, 1.807) is 12.3 Å². The number of benzene rings is 1. The molecule has 0 saturated carbocycles. The number of hydrogen-bond acceptors (Lipinski definition) is 4. The smallest absolute Gasteiger partial charge is 0.133 e. The Kier molecular flexibility index (Phi) is 7.64.